The highest BCUT2D eigenvalue weighted by Gasteiger charge is 2.67. The Bertz CT molecular complexity index is 531. The molecule has 0 aromatic rings. The lowest BCUT2D eigenvalue weighted by molar-refractivity contribution is 0.241. The second-order valence-corrected chi connectivity index (χ2v) is 6.51. The van der Waals surface area contributed by atoms with Crippen LogP contribution in [0.1, 0.15) is 19.3 Å². The minimum atomic E-state index is -0.634. The molecule has 21 heavy (non-hydrogen) atoms. The molecule has 4 saturated carbocycles. The molecule has 4 rings (SSSR count). The van der Waals surface area contributed by atoms with E-state index in [1.807, 2.05) is 0 Å². The third-order valence-electron chi connectivity index (χ3n) is 5.78. The fraction of sp³-hybridized carbons (Fsp3) is 0.692. The number of amides is 4. The maximum Gasteiger partial charge on any atom is 0.332 e. The number of hydrogen-bond donors (Lipinski definition) is 4. The summed E-state index contributed by atoms with van der Waals surface area (Å²) in [4.78, 5) is 21.7. The van der Waals surface area contributed by atoms with Gasteiger partial charge in [-0.2, -0.15) is 10.2 Å². The van der Waals surface area contributed by atoms with Crippen LogP contribution in [0, 0.1) is 35.5 Å². The summed E-state index contributed by atoms with van der Waals surface area (Å²) in [5.41, 5.74) is 17.0. The molecule has 2 bridgehead atoms. The van der Waals surface area contributed by atoms with Crippen molar-refractivity contribution in [3.8, 4) is 0 Å². The lowest BCUT2D eigenvalue weighted by atomic mass is 9.79. The fourth-order valence-electron chi connectivity index (χ4n) is 5.42. The van der Waals surface area contributed by atoms with Crippen LogP contribution >= 0.6 is 0 Å². The molecule has 0 radical (unpaired) electrons. The molecule has 8 nitrogen and oxygen atoms in total. The standard InChI is InChI=1S/C13H18N6O2/c14-12(20)18-16-8-2-4-5-3-9(17-19-13(15)21)11-7(5)1-6(4)10(8)11/h4-7,10-11H,1-3H2,(H3,14,18,20)(H3,15,19,21)/b16-8+,17-9+/t4-,5-,6-,7+,10-,11+/m1/s1. The monoisotopic (exact) mass is 290 g/mol. The average molecular weight is 290 g/mol. The lowest BCUT2D eigenvalue weighted by Gasteiger charge is -2.24. The highest BCUT2D eigenvalue weighted by molar-refractivity contribution is 6.01. The second kappa shape index (κ2) is 4.19. The lowest BCUT2D eigenvalue weighted by Crippen LogP contribution is -2.32. The largest absolute Gasteiger partial charge is 0.350 e. The van der Waals surface area contributed by atoms with Crippen LogP contribution in [-0.4, -0.2) is 23.5 Å². The van der Waals surface area contributed by atoms with Gasteiger partial charge in [0.1, 0.15) is 0 Å². The van der Waals surface area contributed by atoms with E-state index in [1.54, 1.807) is 0 Å². The molecule has 6 N–H and O–H groups in total. The number of hydrogen-bond acceptors (Lipinski definition) is 4. The number of primary amides is 2. The van der Waals surface area contributed by atoms with Crippen molar-refractivity contribution in [2.24, 2.45) is 57.2 Å². The van der Waals surface area contributed by atoms with E-state index in [1.165, 1.54) is 6.42 Å². The number of carbonyl (C=O) groups excluding carboxylic acids is 2. The van der Waals surface area contributed by atoms with Gasteiger partial charge in [0.2, 0.25) is 0 Å². The zero-order chi connectivity index (χ0) is 14.7. The molecule has 0 aromatic carbocycles. The summed E-state index contributed by atoms with van der Waals surface area (Å²) < 4.78 is 0. The molecule has 0 aliphatic heterocycles. The molecule has 0 unspecified atom stereocenters. The molecule has 0 saturated heterocycles. The van der Waals surface area contributed by atoms with Crippen molar-refractivity contribution in [3.05, 3.63) is 0 Å². The molecule has 112 valence electrons. The Morgan fingerprint density at radius 1 is 0.857 bits per heavy atom. The van der Waals surface area contributed by atoms with Crippen molar-refractivity contribution < 1.29 is 9.59 Å². The molecule has 0 spiro atoms. The number of fused-ring (bicyclic) bond motifs is 2. The van der Waals surface area contributed by atoms with E-state index < -0.39 is 12.1 Å². The van der Waals surface area contributed by atoms with Gasteiger partial charge in [0.25, 0.3) is 0 Å². The summed E-state index contributed by atoms with van der Waals surface area (Å²) >= 11 is 0. The van der Waals surface area contributed by atoms with E-state index in [4.69, 9.17) is 11.5 Å². The highest BCUT2D eigenvalue weighted by Crippen LogP contribution is 2.68. The van der Waals surface area contributed by atoms with Gasteiger partial charge in [-0.25, -0.2) is 20.4 Å². The number of rotatable bonds is 2. The molecule has 8 heteroatoms. The number of urea groups is 2. The summed E-state index contributed by atoms with van der Waals surface area (Å²) in [7, 11) is 0. The Balaban J connectivity index is 1.63. The van der Waals surface area contributed by atoms with Crippen molar-refractivity contribution in [2.75, 3.05) is 0 Å². The smallest absolute Gasteiger partial charge is 0.332 e. The first-order chi connectivity index (χ1) is 10.1. The molecule has 0 aromatic heterocycles. The third-order valence-corrected chi connectivity index (χ3v) is 5.78. The van der Waals surface area contributed by atoms with Crippen LogP contribution in [0.25, 0.3) is 0 Å². The number of nitrogens with two attached hydrogens (primary N) is 2. The zero-order valence-corrected chi connectivity index (χ0v) is 11.5. The van der Waals surface area contributed by atoms with Crippen LogP contribution in [0.3, 0.4) is 0 Å². The van der Waals surface area contributed by atoms with E-state index in [-0.39, 0.29) is 0 Å². The molecule has 4 amide bonds. The van der Waals surface area contributed by atoms with E-state index in [2.05, 4.69) is 21.1 Å². The Hall–Kier alpha value is -2.12. The maximum atomic E-state index is 10.9. The number of nitrogens with one attached hydrogen (secondary N) is 2. The van der Waals surface area contributed by atoms with Gasteiger partial charge >= 0.3 is 12.1 Å². The van der Waals surface area contributed by atoms with Crippen LogP contribution in [0.5, 0.6) is 0 Å². The molecule has 4 aliphatic carbocycles. The van der Waals surface area contributed by atoms with Gasteiger partial charge in [-0.15, -0.1) is 0 Å². The number of hydrazone groups is 2. The Morgan fingerprint density at radius 3 is 1.67 bits per heavy atom. The second-order valence-electron chi connectivity index (χ2n) is 6.51. The van der Waals surface area contributed by atoms with E-state index in [0.29, 0.717) is 35.5 Å². The summed E-state index contributed by atoms with van der Waals surface area (Å²) in [5.74, 6) is 3.20. The predicted molar refractivity (Wildman–Crippen MR) is 75.1 cm³/mol. The van der Waals surface area contributed by atoms with Crippen LogP contribution < -0.4 is 22.3 Å². The molecule has 6 atom stereocenters. The van der Waals surface area contributed by atoms with Crippen molar-refractivity contribution in [3.63, 3.8) is 0 Å². The summed E-state index contributed by atoms with van der Waals surface area (Å²) in [6.45, 7) is 0. The quantitative estimate of drug-likeness (QED) is 0.531. The molecule has 4 aliphatic rings. The molecule has 0 heterocycles. The van der Waals surface area contributed by atoms with Crippen LogP contribution in [0.15, 0.2) is 10.2 Å². The summed E-state index contributed by atoms with van der Waals surface area (Å²) in [6, 6.07) is -1.27. The van der Waals surface area contributed by atoms with Crippen molar-refractivity contribution in [1.82, 2.24) is 10.9 Å². The zero-order valence-electron chi connectivity index (χ0n) is 11.5. The number of nitrogens with zero attached hydrogens (tertiary/aromatic N) is 2. The maximum absolute atomic E-state index is 10.9. The Kier molecular flexibility index (Phi) is 2.51. The van der Waals surface area contributed by atoms with Gasteiger partial charge in [-0.1, -0.05) is 0 Å². The van der Waals surface area contributed by atoms with Gasteiger partial charge in [0.15, 0.2) is 0 Å². The Morgan fingerprint density at radius 2 is 1.29 bits per heavy atom. The van der Waals surface area contributed by atoms with Gasteiger partial charge in [0, 0.05) is 23.3 Å². The minimum Gasteiger partial charge on any atom is -0.350 e. The third kappa shape index (κ3) is 1.68. The normalized spacial score (nSPS) is 45.5. The van der Waals surface area contributed by atoms with Crippen LogP contribution in [-0.2, 0) is 0 Å². The van der Waals surface area contributed by atoms with Gasteiger partial charge in [-0.3, -0.25) is 0 Å². The van der Waals surface area contributed by atoms with Gasteiger partial charge in [0.05, 0.1) is 0 Å². The van der Waals surface area contributed by atoms with Crippen molar-refractivity contribution in [1.29, 1.82) is 0 Å². The Labute approximate surface area is 121 Å². The summed E-state index contributed by atoms with van der Waals surface area (Å²) in [6.07, 6.45) is 3.10. The van der Waals surface area contributed by atoms with Gasteiger partial charge in [-0.05, 0) is 42.9 Å². The van der Waals surface area contributed by atoms with Crippen LogP contribution in [0.2, 0.25) is 0 Å². The van der Waals surface area contributed by atoms with E-state index in [0.717, 1.165) is 24.3 Å². The predicted octanol–water partition coefficient (Wildman–Crippen LogP) is -0.0431. The molecular formula is C13H18N6O2. The molecular weight excluding hydrogens is 272 g/mol. The average Bonchev–Trinajstić information content (AvgIpc) is 3.03. The van der Waals surface area contributed by atoms with E-state index in [9.17, 15) is 9.59 Å². The fourth-order valence-corrected chi connectivity index (χ4v) is 5.42. The molecule has 4 fully saturated rings. The van der Waals surface area contributed by atoms with Crippen molar-refractivity contribution >= 4 is 23.5 Å². The highest BCUT2D eigenvalue weighted by atomic mass is 16.2. The first-order valence-corrected chi connectivity index (χ1v) is 7.30. The topological polar surface area (TPSA) is 135 Å². The van der Waals surface area contributed by atoms with E-state index >= 15 is 0 Å². The summed E-state index contributed by atoms with van der Waals surface area (Å²) in [5, 5.41) is 8.43. The SMILES string of the molecule is NC(=O)N/N=C1\C[C@@H]2[C@H]3C/C(=N\NC(N)=O)[C@H]4[C@@H]3C[C@@H]2[C@@H]14. The van der Waals surface area contributed by atoms with Crippen LogP contribution in [0.4, 0.5) is 9.59 Å². The van der Waals surface area contributed by atoms with Crippen molar-refractivity contribution in [2.45, 2.75) is 19.3 Å². The number of carbonyl (C=O) groups is 2. The minimum absolute atomic E-state index is 0.332. The first kappa shape index (κ1) is 12.6. The first-order valence-electron chi connectivity index (χ1n) is 7.30. The van der Waals surface area contributed by atoms with Gasteiger partial charge < -0.3 is 11.5 Å².